The SMILES string of the molecule is O=C(c1coc(CN2CCOCC2)c1)N1CCN(c2ncccn2)CC1. The maximum absolute atomic E-state index is 12.7. The number of amides is 1. The number of hydrogen-bond donors (Lipinski definition) is 0. The number of furan rings is 1. The molecule has 8 heteroatoms. The van der Waals surface area contributed by atoms with Crippen molar-refractivity contribution in [2.45, 2.75) is 6.54 Å². The molecule has 1 amide bonds. The van der Waals surface area contributed by atoms with Gasteiger partial charge in [0.05, 0.1) is 25.3 Å². The Morgan fingerprint density at radius 2 is 1.77 bits per heavy atom. The molecule has 0 unspecified atom stereocenters. The number of nitrogens with zero attached hydrogens (tertiary/aromatic N) is 5. The minimum atomic E-state index is 0.0237. The lowest BCUT2D eigenvalue weighted by Crippen LogP contribution is -2.49. The summed E-state index contributed by atoms with van der Waals surface area (Å²) in [5, 5.41) is 0. The molecule has 0 spiro atoms. The van der Waals surface area contributed by atoms with Crippen LogP contribution in [-0.2, 0) is 11.3 Å². The smallest absolute Gasteiger partial charge is 0.257 e. The van der Waals surface area contributed by atoms with Crippen molar-refractivity contribution in [1.29, 1.82) is 0 Å². The van der Waals surface area contributed by atoms with Gasteiger partial charge in [-0.05, 0) is 12.1 Å². The molecular formula is C18H23N5O3. The van der Waals surface area contributed by atoms with Gasteiger partial charge in [-0.15, -0.1) is 0 Å². The first-order valence-corrected chi connectivity index (χ1v) is 8.98. The van der Waals surface area contributed by atoms with Crippen LogP contribution in [0.25, 0.3) is 0 Å². The lowest BCUT2D eigenvalue weighted by molar-refractivity contribution is 0.0313. The van der Waals surface area contributed by atoms with Crippen LogP contribution in [0, 0.1) is 0 Å². The Morgan fingerprint density at radius 1 is 1.04 bits per heavy atom. The van der Waals surface area contributed by atoms with Gasteiger partial charge in [-0.2, -0.15) is 0 Å². The Labute approximate surface area is 152 Å². The molecule has 8 nitrogen and oxygen atoms in total. The molecule has 2 saturated heterocycles. The fourth-order valence-corrected chi connectivity index (χ4v) is 3.30. The molecule has 0 radical (unpaired) electrons. The summed E-state index contributed by atoms with van der Waals surface area (Å²) < 4.78 is 11.0. The van der Waals surface area contributed by atoms with E-state index in [-0.39, 0.29) is 5.91 Å². The van der Waals surface area contributed by atoms with Gasteiger partial charge in [0, 0.05) is 51.7 Å². The Morgan fingerprint density at radius 3 is 2.50 bits per heavy atom. The van der Waals surface area contributed by atoms with Crippen molar-refractivity contribution in [3.63, 3.8) is 0 Å². The number of rotatable bonds is 4. The van der Waals surface area contributed by atoms with Crippen LogP contribution in [0.15, 0.2) is 35.2 Å². The number of piperazine rings is 1. The van der Waals surface area contributed by atoms with Crippen molar-refractivity contribution in [2.24, 2.45) is 0 Å². The summed E-state index contributed by atoms with van der Waals surface area (Å²) in [5.74, 6) is 1.57. The Balaban J connectivity index is 1.32. The van der Waals surface area contributed by atoms with Crippen molar-refractivity contribution in [1.82, 2.24) is 19.8 Å². The molecule has 2 aliphatic heterocycles. The molecule has 4 rings (SSSR count). The number of morpholine rings is 1. The lowest BCUT2D eigenvalue weighted by atomic mass is 10.2. The van der Waals surface area contributed by atoms with E-state index in [9.17, 15) is 4.79 Å². The van der Waals surface area contributed by atoms with Gasteiger partial charge in [0.1, 0.15) is 12.0 Å². The van der Waals surface area contributed by atoms with Crippen molar-refractivity contribution >= 4 is 11.9 Å². The molecule has 2 aromatic rings. The Bertz CT molecular complexity index is 721. The van der Waals surface area contributed by atoms with Crippen LogP contribution >= 0.6 is 0 Å². The summed E-state index contributed by atoms with van der Waals surface area (Å²) in [4.78, 5) is 27.5. The van der Waals surface area contributed by atoms with Gasteiger partial charge in [-0.1, -0.05) is 0 Å². The standard InChI is InChI=1S/C18H23N5O3/c24-17(15-12-16(26-14-15)13-21-8-10-25-11-9-21)22-4-6-23(7-5-22)18-19-2-1-3-20-18/h1-3,12,14H,4-11,13H2. The summed E-state index contributed by atoms with van der Waals surface area (Å²) in [5.41, 5.74) is 0.623. The average molecular weight is 357 g/mol. The Kier molecular flexibility index (Phi) is 5.12. The van der Waals surface area contributed by atoms with Crippen molar-refractivity contribution in [2.75, 3.05) is 57.4 Å². The molecule has 138 valence electrons. The first-order valence-electron chi connectivity index (χ1n) is 8.98. The van der Waals surface area contributed by atoms with Gasteiger partial charge in [0.2, 0.25) is 5.95 Å². The lowest BCUT2D eigenvalue weighted by Gasteiger charge is -2.34. The predicted molar refractivity (Wildman–Crippen MR) is 95.0 cm³/mol. The van der Waals surface area contributed by atoms with E-state index in [0.717, 1.165) is 57.6 Å². The molecule has 2 fully saturated rings. The highest BCUT2D eigenvalue weighted by Gasteiger charge is 2.24. The maximum atomic E-state index is 12.7. The molecule has 26 heavy (non-hydrogen) atoms. The molecule has 0 aliphatic carbocycles. The second kappa shape index (κ2) is 7.84. The van der Waals surface area contributed by atoms with Crippen LogP contribution in [-0.4, -0.2) is 78.2 Å². The highest BCUT2D eigenvalue weighted by Crippen LogP contribution is 2.16. The number of carbonyl (C=O) groups excluding carboxylic acids is 1. The first kappa shape index (κ1) is 17.0. The largest absolute Gasteiger partial charge is 0.467 e. The van der Waals surface area contributed by atoms with E-state index < -0.39 is 0 Å². The molecule has 4 heterocycles. The van der Waals surface area contributed by atoms with Gasteiger partial charge < -0.3 is 19.0 Å². The summed E-state index contributed by atoms with van der Waals surface area (Å²) in [6.07, 6.45) is 5.05. The van der Waals surface area contributed by atoms with E-state index in [2.05, 4.69) is 19.8 Å². The summed E-state index contributed by atoms with van der Waals surface area (Å²) in [6.45, 7) is 6.78. The average Bonchev–Trinajstić information content (AvgIpc) is 3.17. The number of carbonyl (C=O) groups is 1. The highest BCUT2D eigenvalue weighted by atomic mass is 16.5. The van der Waals surface area contributed by atoms with Gasteiger partial charge >= 0.3 is 0 Å². The second-order valence-electron chi connectivity index (χ2n) is 6.52. The quantitative estimate of drug-likeness (QED) is 0.803. The Hall–Kier alpha value is -2.45. The summed E-state index contributed by atoms with van der Waals surface area (Å²) in [7, 11) is 0. The molecule has 2 aromatic heterocycles. The van der Waals surface area contributed by atoms with Gasteiger partial charge in [-0.3, -0.25) is 9.69 Å². The molecule has 0 aromatic carbocycles. The topological polar surface area (TPSA) is 74.9 Å². The van der Waals surface area contributed by atoms with Crippen LogP contribution in [0.4, 0.5) is 5.95 Å². The maximum Gasteiger partial charge on any atom is 0.257 e. The molecule has 0 saturated carbocycles. The number of ether oxygens (including phenoxy) is 1. The zero-order valence-electron chi connectivity index (χ0n) is 14.7. The van der Waals surface area contributed by atoms with Gasteiger partial charge in [0.15, 0.2) is 0 Å². The third-order valence-corrected chi connectivity index (χ3v) is 4.79. The molecule has 2 aliphatic rings. The number of anilines is 1. The van der Waals surface area contributed by atoms with Gasteiger partial charge in [-0.25, -0.2) is 9.97 Å². The van der Waals surface area contributed by atoms with Crippen LogP contribution < -0.4 is 4.90 Å². The van der Waals surface area contributed by atoms with Crippen molar-refractivity contribution in [3.8, 4) is 0 Å². The fraction of sp³-hybridized carbons (Fsp3) is 0.500. The third-order valence-electron chi connectivity index (χ3n) is 4.79. The zero-order chi connectivity index (χ0) is 17.8. The van der Waals surface area contributed by atoms with E-state index in [1.165, 1.54) is 0 Å². The highest BCUT2D eigenvalue weighted by molar-refractivity contribution is 5.94. The fourth-order valence-electron chi connectivity index (χ4n) is 3.30. The first-order chi connectivity index (χ1) is 12.8. The predicted octanol–water partition coefficient (Wildman–Crippen LogP) is 0.864. The van der Waals surface area contributed by atoms with Crippen molar-refractivity contribution < 1.29 is 13.9 Å². The van der Waals surface area contributed by atoms with E-state index in [1.807, 2.05) is 11.0 Å². The van der Waals surface area contributed by atoms with Crippen molar-refractivity contribution in [3.05, 3.63) is 42.1 Å². The second-order valence-corrected chi connectivity index (χ2v) is 6.52. The number of hydrogen-bond acceptors (Lipinski definition) is 7. The molecular weight excluding hydrogens is 334 g/mol. The summed E-state index contributed by atoms with van der Waals surface area (Å²) in [6, 6.07) is 3.67. The third kappa shape index (κ3) is 3.86. The zero-order valence-corrected chi connectivity index (χ0v) is 14.7. The van der Waals surface area contributed by atoms with Gasteiger partial charge in [0.25, 0.3) is 5.91 Å². The monoisotopic (exact) mass is 357 g/mol. The summed E-state index contributed by atoms with van der Waals surface area (Å²) >= 11 is 0. The van der Waals surface area contributed by atoms with Crippen LogP contribution in [0.5, 0.6) is 0 Å². The minimum Gasteiger partial charge on any atom is -0.467 e. The number of aromatic nitrogens is 2. The molecule has 0 bridgehead atoms. The van der Waals surface area contributed by atoms with E-state index in [4.69, 9.17) is 9.15 Å². The van der Waals surface area contributed by atoms with E-state index in [0.29, 0.717) is 18.7 Å². The van der Waals surface area contributed by atoms with Crippen LogP contribution in [0.2, 0.25) is 0 Å². The molecule has 0 N–H and O–H groups in total. The molecule has 0 atom stereocenters. The minimum absolute atomic E-state index is 0.0237. The normalized spacial score (nSPS) is 18.9. The van der Waals surface area contributed by atoms with E-state index >= 15 is 0 Å². The van der Waals surface area contributed by atoms with Crippen LogP contribution in [0.3, 0.4) is 0 Å². The van der Waals surface area contributed by atoms with E-state index in [1.54, 1.807) is 24.7 Å². The van der Waals surface area contributed by atoms with Crippen LogP contribution in [0.1, 0.15) is 16.1 Å².